The van der Waals surface area contributed by atoms with Gasteiger partial charge in [0.1, 0.15) is 6.04 Å². The van der Waals surface area contributed by atoms with Crippen molar-refractivity contribution in [3.05, 3.63) is 72.7 Å². The van der Waals surface area contributed by atoms with Crippen molar-refractivity contribution in [2.75, 3.05) is 6.61 Å². The van der Waals surface area contributed by atoms with Crippen LogP contribution in [0.5, 0.6) is 5.88 Å². The van der Waals surface area contributed by atoms with Crippen LogP contribution in [0.15, 0.2) is 67.0 Å². The lowest BCUT2D eigenvalue weighted by atomic mass is 9.87. The number of hydrogen-bond donors (Lipinski definition) is 3. The molecule has 0 radical (unpaired) electrons. The minimum Gasteiger partial charge on any atom is -0.481 e. The molecule has 1 amide bonds. The summed E-state index contributed by atoms with van der Waals surface area (Å²) in [6.07, 6.45) is 4.17. The Hall–Kier alpha value is -4.31. The zero-order valence-electron chi connectivity index (χ0n) is 19.8. The Balaban J connectivity index is 1.57. The monoisotopic (exact) mass is 490 g/mol. The van der Waals surface area contributed by atoms with Crippen LogP contribution in [-0.4, -0.2) is 51.0 Å². The number of carbonyl (C=O) groups is 3. The number of rotatable bonds is 10. The largest absolute Gasteiger partial charge is 0.481 e. The van der Waals surface area contributed by atoms with Crippen molar-refractivity contribution in [2.45, 2.75) is 31.9 Å². The van der Waals surface area contributed by atoms with Gasteiger partial charge in [0.15, 0.2) is 18.0 Å². The third kappa shape index (κ3) is 5.18. The molecule has 2 atom stereocenters. The van der Waals surface area contributed by atoms with Crippen molar-refractivity contribution in [1.82, 2.24) is 20.8 Å². The number of fused-ring (bicyclic) bond motifs is 1. The third-order valence-corrected chi connectivity index (χ3v) is 5.90. The number of hydrogen-bond acceptors (Lipinski definition) is 8. The number of Topliss-reactive ketones (excluding diaryl/α,β-unsaturated/α-hetero) is 1. The zero-order chi connectivity index (χ0) is 25.7. The molecule has 0 saturated carbocycles. The second kappa shape index (κ2) is 10.5. The number of amides is 1. The molecule has 0 fully saturated rings. The number of ketones is 1. The summed E-state index contributed by atoms with van der Waals surface area (Å²) in [5.74, 6) is -2.67. The topological polar surface area (TPSA) is 140 Å². The lowest BCUT2D eigenvalue weighted by Gasteiger charge is -2.30. The molecule has 186 valence electrons. The average molecular weight is 491 g/mol. The van der Waals surface area contributed by atoms with Crippen molar-refractivity contribution in [1.29, 1.82) is 0 Å². The highest BCUT2D eigenvalue weighted by Crippen LogP contribution is 2.34. The quantitative estimate of drug-likeness (QED) is 0.391. The van der Waals surface area contributed by atoms with Gasteiger partial charge in [-0.15, -0.1) is 0 Å². The van der Waals surface area contributed by atoms with Gasteiger partial charge in [-0.3, -0.25) is 29.7 Å². The molecule has 10 nitrogen and oxygen atoms in total. The van der Waals surface area contributed by atoms with Gasteiger partial charge in [0.05, 0.1) is 17.8 Å². The molecule has 1 aliphatic rings. The summed E-state index contributed by atoms with van der Waals surface area (Å²) in [6, 6.07) is 13.2. The molecule has 0 aliphatic carbocycles. The highest BCUT2D eigenvalue weighted by molar-refractivity contribution is 5.98. The first-order valence-electron chi connectivity index (χ1n) is 11.4. The Kier molecular flexibility index (Phi) is 7.25. The molecule has 3 heterocycles. The van der Waals surface area contributed by atoms with Crippen LogP contribution in [0.2, 0.25) is 0 Å². The van der Waals surface area contributed by atoms with Gasteiger partial charge in [-0.25, -0.2) is 4.98 Å². The molecule has 1 aliphatic heterocycles. The fourth-order valence-electron chi connectivity index (χ4n) is 3.89. The average Bonchev–Trinajstić information content (AvgIpc) is 3.34. The van der Waals surface area contributed by atoms with E-state index in [9.17, 15) is 19.5 Å². The number of benzene rings is 1. The highest BCUT2D eigenvalue weighted by atomic mass is 16.7. The summed E-state index contributed by atoms with van der Waals surface area (Å²) in [5, 5.41) is 13.7. The number of aliphatic carboxylic acids is 1. The summed E-state index contributed by atoms with van der Waals surface area (Å²) < 4.78 is 5.36. The van der Waals surface area contributed by atoms with E-state index < -0.39 is 42.3 Å². The second-order valence-corrected chi connectivity index (χ2v) is 8.64. The second-order valence-electron chi connectivity index (χ2n) is 8.64. The molecular weight excluding hydrogens is 464 g/mol. The number of carbonyl (C=O) groups excluding carboxylic acids is 2. The van der Waals surface area contributed by atoms with Crippen molar-refractivity contribution >= 4 is 34.1 Å². The van der Waals surface area contributed by atoms with E-state index in [1.807, 2.05) is 30.3 Å². The van der Waals surface area contributed by atoms with E-state index in [4.69, 9.17) is 9.57 Å². The number of carboxylic acid groups (broad SMARTS) is 1. The molecule has 10 heteroatoms. The van der Waals surface area contributed by atoms with E-state index in [0.29, 0.717) is 11.4 Å². The number of aromatic nitrogens is 2. The van der Waals surface area contributed by atoms with Crippen LogP contribution in [0, 0.1) is 5.92 Å². The first-order chi connectivity index (χ1) is 17.3. The number of pyridine rings is 2. The van der Waals surface area contributed by atoms with Crippen LogP contribution in [-0.2, 0) is 19.2 Å². The normalized spacial score (nSPS) is 17.8. The van der Waals surface area contributed by atoms with Crippen molar-refractivity contribution in [3.8, 4) is 5.88 Å². The number of ether oxygens (including phenoxy) is 1. The first-order valence-corrected chi connectivity index (χ1v) is 11.4. The van der Waals surface area contributed by atoms with Crippen molar-refractivity contribution in [2.24, 2.45) is 5.92 Å². The Bertz CT molecular complexity index is 1300. The minimum atomic E-state index is -1.51. The maximum Gasteiger partial charge on any atom is 0.305 e. The van der Waals surface area contributed by atoms with Crippen LogP contribution < -0.4 is 15.5 Å². The molecule has 0 saturated heterocycles. The van der Waals surface area contributed by atoms with Gasteiger partial charge >= 0.3 is 5.97 Å². The third-order valence-electron chi connectivity index (χ3n) is 5.90. The van der Waals surface area contributed by atoms with E-state index in [1.54, 1.807) is 44.3 Å². The summed E-state index contributed by atoms with van der Waals surface area (Å²) >= 11 is 0. The van der Waals surface area contributed by atoms with Gasteiger partial charge in [-0.05, 0) is 29.5 Å². The Labute approximate surface area is 207 Å². The Morgan fingerprint density at radius 1 is 1.08 bits per heavy atom. The molecule has 2 aromatic heterocycles. The predicted molar refractivity (Wildman–Crippen MR) is 130 cm³/mol. The zero-order valence-corrected chi connectivity index (χ0v) is 19.8. The van der Waals surface area contributed by atoms with Crippen LogP contribution in [0.3, 0.4) is 0 Å². The molecular formula is C26H26N4O6. The summed E-state index contributed by atoms with van der Waals surface area (Å²) in [5.41, 5.74) is 2.40. The van der Waals surface area contributed by atoms with E-state index in [2.05, 4.69) is 20.8 Å². The number of nitrogens with zero attached hydrogens (tertiary/aromatic N) is 2. The van der Waals surface area contributed by atoms with E-state index in [1.165, 1.54) is 6.20 Å². The van der Waals surface area contributed by atoms with Gasteiger partial charge in [-0.1, -0.05) is 44.2 Å². The highest BCUT2D eigenvalue weighted by Gasteiger charge is 2.47. The smallest absolute Gasteiger partial charge is 0.305 e. The Morgan fingerprint density at radius 3 is 2.58 bits per heavy atom. The van der Waals surface area contributed by atoms with Crippen LogP contribution >= 0.6 is 0 Å². The molecule has 3 aromatic rings. The van der Waals surface area contributed by atoms with Gasteiger partial charge in [0.25, 0.3) is 5.91 Å². The molecule has 3 N–H and O–H groups in total. The first kappa shape index (κ1) is 24.8. The maximum absolute atomic E-state index is 13.5. The van der Waals surface area contributed by atoms with Crippen molar-refractivity contribution in [3.63, 3.8) is 0 Å². The van der Waals surface area contributed by atoms with Gasteiger partial charge in [-0.2, -0.15) is 0 Å². The summed E-state index contributed by atoms with van der Waals surface area (Å²) in [4.78, 5) is 51.9. The molecule has 0 bridgehead atoms. The lowest BCUT2D eigenvalue weighted by molar-refractivity contribution is -0.152. The van der Waals surface area contributed by atoms with Gasteiger partial charge in [0.2, 0.25) is 5.88 Å². The lowest BCUT2D eigenvalue weighted by Crippen LogP contribution is -2.56. The summed E-state index contributed by atoms with van der Waals surface area (Å²) in [6.45, 7) is 3.12. The van der Waals surface area contributed by atoms with E-state index >= 15 is 0 Å². The molecule has 0 spiro atoms. The molecule has 1 aromatic carbocycles. The molecule has 36 heavy (non-hydrogen) atoms. The van der Waals surface area contributed by atoms with E-state index in [-0.39, 0.29) is 11.8 Å². The summed E-state index contributed by atoms with van der Waals surface area (Å²) in [7, 11) is 0. The van der Waals surface area contributed by atoms with Crippen LogP contribution in [0.1, 0.15) is 26.0 Å². The predicted octanol–water partition coefficient (Wildman–Crippen LogP) is 2.51. The SMILES string of the molecule is CC(C)[C@@]1(C(=O)N[C@@H](CC(=O)O)C(=O)COc2ccccn2)C=C(c2nccc3ccccc23)NO1. The standard InChI is InChI=1S/C26H26N4O6/c1-16(2)26(14-20(30-36-26)24-18-8-4-3-7-17(18)10-12-28-24)25(34)29-19(13-23(32)33)21(31)15-35-22-9-5-6-11-27-22/h3-12,14,16,19,30H,13,15H2,1-2H3,(H,29,34)(H,32,33)/t19-,26+/m0/s1. The number of nitrogens with one attached hydrogen (secondary N) is 2. The number of carboxylic acids is 1. The molecule has 0 unspecified atom stereocenters. The fraction of sp³-hybridized carbons (Fsp3) is 0.269. The van der Waals surface area contributed by atoms with Gasteiger partial charge in [0, 0.05) is 23.8 Å². The minimum absolute atomic E-state index is 0.211. The maximum atomic E-state index is 13.5. The van der Waals surface area contributed by atoms with Crippen LogP contribution in [0.4, 0.5) is 0 Å². The number of hydroxylamine groups is 1. The molecule has 4 rings (SSSR count). The van der Waals surface area contributed by atoms with Gasteiger partial charge < -0.3 is 15.2 Å². The van der Waals surface area contributed by atoms with E-state index in [0.717, 1.165) is 10.8 Å². The van der Waals surface area contributed by atoms with Crippen molar-refractivity contribution < 1.29 is 29.1 Å². The van der Waals surface area contributed by atoms with Crippen LogP contribution in [0.25, 0.3) is 16.5 Å². The Morgan fingerprint density at radius 2 is 1.86 bits per heavy atom. The fourth-order valence-corrected chi connectivity index (χ4v) is 3.89.